The molecule has 148 valence electrons. The lowest BCUT2D eigenvalue weighted by molar-refractivity contribution is -0.122. The summed E-state index contributed by atoms with van der Waals surface area (Å²) in [6.45, 7) is 0. The number of fused-ring (bicyclic) bond motifs is 3. The van der Waals surface area contributed by atoms with E-state index in [9.17, 15) is 4.79 Å². The van der Waals surface area contributed by atoms with Crippen molar-refractivity contribution >= 4 is 28.4 Å². The van der Waals surface area contributed by atoms with Crippen LogP contribution in [0, 0.1) is 17.8 Å². The van der Waals surface area contributed by atoms with Crippen molar-refractivity contribution in [3.05, 3.63) is 48.7 Å². The smallest absolute Gasteiger partial charge is 0.223 e. The minimum Gasteiger partial charge on any atom is -0.379 e. The number of H-pyrrole nitrogens is 1. The number of carbonyl (C=O) groups is 1. The molecule has 2 heterocycles. The van der Waals surface area contributed by atoms with Crippen LogP contribution in [-0.2, 0) is 4.79 Å². The molecule has 29 heavy (non-hydrogen) atoms. The third-order valence-corrected chi connectivity index (χ3v) is 6.16. The highest BCUT2D eigenvalue weighted by molar-refractivity contribution is 5.88. The Bertz CT molecular complexity index is 1100. The van der Waals surface area contributed by atoms with Crippen LogP contribution in [0.4, 0.5) is 11.4 Å². The van der Waals surface area contributed by atoms with E-state index in [4.69, 9.17) is 5.73 Å². The first kappa shape index (κ1) is 17.7. The maximum atomic E-state index is 12.0. The van der Waals surface area contributed by atoms with E-state index in [-0.39, 0.29) is 23.8 Å². The molecule has 2 aromatic heterocycles. The number of amides is 1. The van der Waals surface area contributed by atoms with Crippen LogP contribution in [0.5, 0.6) is 0 Å². The molecule has 2 aliphatic rings. The zero-order valence-electron chi connectivity index (χ0n) is 16.5. The van der Waals surface area contributed by atoms with Crippen LogP contribution >= 0.6 is 0 Å². The molecule has 0 spiro atoms. The summed E-state index contributed by atoms with van der Waals surface area (Å²) in [5.74, 6) is 0.901. The maximum Gasteiger partial charge on any atom is 0.223 e. The Morgan fingerprint density at radius 2 is 1.93 bits per heavy atom. The van der Waals surface area contributed by atoms with Gasteiger partial charge in [-0.3, -0.25) is 4.79 Å². The first-order valence-corrected chi connectivity index (χ1v) is 9.88. The molecule has 0 aliphatic heterocycles. The highest BCUT2D eigenvalue weighted by Crippen LogP contribution is 2.45. The average molecular weight is 388 g/mol. The summed E-state index contributed by atoms with van der Waals surface area (Å²) in [4.78, 5) is 26.6. The molecule has 4 atom stereocenters. The Kier molecular flexibility index (Phi) is 4.04. The predicted octanol–water partition coefficient (Wildman–Crippen LogP) is 2.78. The van der Waals surface area contributed by atoms with Crippen LogP contribution < -0.4 is 16.0 Å². The predicted molar refractivity (Wildman–Crippen MR) is 114 cm³/mol. The molecule has 7 nitrogen and oxygen atoms in total. The lowest BCUT2D eigenvalue weighted by Gasteiger charge is -2.27. The van der Waals surface area contributed by atoms with Crippen LogP contribution in [0.1, 0.15) is 6.42 Å². The van der Waals surface area contributed by atoms with Gasteiger partial charge >= 0.3 is 0 Å². The fraction of sp³-hybridized carbons (Fsp3) is 0.318. The molecule has 1 amide bonds. The van der Waals surface area contributed by atoms with E-state index in [1.165, 1.54) is 0 Å². The number of hydrogen-bond donors (Lipinski definition) is 3. The SMILES string of the molecule is CN(C)c1ccc(-c2nc3nccc(N[C@H]4[C@@H](C(N)=O)[C@@H]5C=C[C@H]4C5)c3[nH]2)cc1. The fourth-order valence-electron chi connectivity index (χ4n) is 4.67. The number of nitrogens with one attached hydrogen (secondary N) is 2. The number of nitrogens with two attached hydrogens (primary N) is 1. The van der Waals surface area contributed by atoms with Gasteiger partial charge in [0.2, 0.25) is 5.91 Å². The van der Waals surface area contributed by atoms with E-state index in [1.807, 2.05) is 32.3 Å². The van der Waals surface area contributed by atoms with E-state index < -0.39 is 0 Å². The molecule has 7 heteroatoms. The number of allylic oxidation sites excluding steroid dienone is 1. The van der Waals surface area contributed by atoms with Crippen LogP contribution in [0.2, 0.25) is 0 Å². The molecule has 5 rings (SSSR count). The number of pyridine rings is 1. The van der Waals surface area contributed by atoms with Gasteiger partial charge in [0.25, 0.3) is 0 Å². The number of carbonyl (C=O) groups excluding carboxylic acids is 1. The molecule has 3 aromatic rings. The van der Waals surface area contributed by atoms with Gasteiger partial charge < -0.3 is 20.9 Å². The monoisotopic (exact) mass is 388 g/mol. The number of hydrogen-bond acceptors (Lipinski definition) is 5. The van der Waals surface area contributed by atoms with Gasteiger partial charge in [0.05, 0.1) is 11.6 Å². The van der Waals surface area contributed by atoms with Crippen molar-refractivity contribution in [2.45, 2.75) is 12.5 Å². The summed E-state index contributed by atoms with van der Waals surface area (Å²) in [6, 6.07) is 10.1. The standard InChI is InChI=1S/C22H24N6O/c1-28(2)15-7-5-12(6-8-15)21-26-19-16(9-10-24-22(19)27-21)25-18-14-4-3-13(11-14)17(18)20(23)29/h3-10,13-14,17-18H,11H2,1-2H3,(H2,23,29)(H2,24,25,26,27)/t13-,14+,17+,18-/m1/s1. The summed E-state index contributed by atoms with van der Waals surface area (Å²) in [5, 5.41) is 3.57. The molecule has 4 N–H and O–H groups in total. The number of rotatable bonds is 5. The number of imidazole rings is 1. The lowest BCUT2D eigenvalue weighted by atomic mass is 9.88. The Labute approximate surface area is 169 Å². The molecular formula is C22H24N6O. The number of nitrogens with zero attached hydrogens (tertiary/aromatic N) is 3. The number of anilines is 2. The maximum absolute atomic E-state index is 12.0. The van der Waals surface area contributed by atoms with Gasteiger partial charge in [-0.05, 0) is 48.6 Å². The van der Waals surface area contributed by atoms with Gasteiger partial charge in [-0.2, -0.15) is 0 Å². The molecule has 2 bridgehead atoms. The van der Waals surface area contributed by atoms with Crippen molar-refractivity contribution in [3.63, 3.8) is 0 Å². The van der Waals surface area contributed by atoms with Gasteiger partial charge in [0.15, 0.2) is 5.65 Å². The normalized spacial score (nSPS) is 24.9. The van der Waals surface area contributed by atoms with E-state index >= 15 is 0 Å². The zero-order valence-corrected chi connectivity index (χ0v) is 16.5. The number of primary amides is 1. The molecule has 0 saturated heterocycles. The Morgan fingerprint density at radius 1 is 1.17 bits per heavy atom. The van der Waals surface area contributed by atoms with Gasteiger partial charge in [-0.1, -0.05) is 12.2 Å². The van der Waals surface area contributed by atoms with Crippen LogP contribution in [0.15, 0.2) is 48.7 Å². The summed E-state index contributed by atoms with van der Waals surface area (Å²) in [5.41, 5.74) is 10.2. The van der Waals surface area contributed by atoms with Crippen molar-refractivity contribution in [3.8, 4) is 11.4 Å². The Hall–Kier alpha value is -3.35. The van der Waals surface area contributed by atoms with E-state index in [0.29, 0.717) is 11.6 Å². The molecule has 2 aliphatic carbocycles. The third-order valence-electron chi connectivity index (χ3n) is 6.16. The van der Waals surface area contributed by atoms with Crippen molar-refractivity contribution < 1.29 is 4.79 Å². The minimum absolute atomic E-state index is 0.000718. The third kappa shape index (κ3) is 2.93. The van der Waals surface area contributed by atoms with E-state index in [1.54, 1.807) is 6.20 Å². The van der Waals surface area contributed by atoms with Crippen molar-refractivity contribution in [1.29, 1.82) is 0 Å². The molecular weight excluding hydrogens is 364 g/mol. The van der Waals surface area contributed by atoms with Crippen molar-refractivity contribution in [2.24, 2.45) is 23.5 Å². The topological polar surface area (TPSA) is 99.9 Å². The average Bonchev–Trinajstić information content (AvgIpc) is 3.42. The first-order valence-electron chi connectivity index (χ1n) is 9.88. The Balaban J connectivity index is 1.48. The summed E-state index contributed by atoms with van der Waals surface area (Å²) < 4.78 is 0. The quantitative estimate of drug-likeness (QED) is 0.584. The molecule has 1 aromatic carbocycles. The van der Waals surface area contributed by atoms with Gasteiger partial charge in [-0.15, -0.1) is 0 Å². The highest BCUT2D eigenvalue weighted by atomic mass is 16.1. The molecule has 0 unspecified atom stereocenters. The summed E-state index contributed by atoms with van der Waals surface area (Å²) in [6.07, 6.45) is 7.05. The van der Waals surface area contributed by atoms with Crippen LogP contribution in [0.3, 0.4) is 0 Å². The second-order valence-corrected chi connectivity index (χ2v) is 8.13. The summed E-state index contributed by atoms with van der Waals surface area (Å²) in [7, 11) is 4.03. The van der Waals surface area contributed by atoms with E-state index in [2.05, 4.69) is 49.5 Å². The largest absolute Gasteiger partial charge is 0.379 e. The zero-order chi connectivity index (χ0) is 20.1. The van der Waals surface area contributed by atoms with Gasteiger partial charge in [0.1, 0.15) is 11.3 Å². The molecule has 0 radical (unpaired) electrons. The highest BCUT2D eigenvalue weighted by Gasteiger charge is 2.47. The fourth-order valence-corrected chi connectivity index (χ4v) is 4.67. The van der Waals surface area contributed by atoms with Crippen LogP contribution in [0.25, 0.3) is 22.6 Å². The Morgan fingerprint density at radius 3 is 2.66 bits per heavy atom. The summed E-state index contributed by atoms with van der Waals surface area (Å²) >= 11 is 0. The molecule has 1 saturated carbocycles. The van der Waals surface area contributed by atoms with Gasteiger partial charge in [-0.25, -0.2) is 9.97 Å². The molecule has 1 fully saturated rings. The van der Waals surface area contributed by atoms with Crippen molar-refractivity contribution in [2.75, 3.05) is 24.3 Å². The first-order chi connectivity index (χ1) is 14.0. The number of aromatic nitrogens is 3. The minimum atomic E-state index is -0.240. The number of benzene rings is 1. The second-order valence-electron chi connectivity index (χ2n) is 8.13. The van der Waals surface area contributed by atoms with Crippen molar-refractivity contribution in [1.82, 2.24) is 15.0 Å². The number of aromatic amines is 1. The van der Waals surface area contributed by atoms with Crippen LogP contribution in [-0.4, -0.2) is 41.0 Å². The second kappa shape index (κ2) is 6.62. The van der Waals surface area contributed by atoms with E-state index in [0.717, 1.165) is 34.7 Å². The van der Waals surface area contributed by atoms with Gasteiger partial charge in [0, 0.05) is 37.6 Å². The lowest BCUT2D eigenvalue weighted by Crippen LogP contribution is -2.41.